The number of halogens is 1. The molecule has 0 radical (unpaired) electrons. The summed E-state index contributed by atoms with van der Waals surface area (Å²) in [6.45, 7) is 7.32. The van der Waals surface area contributed by atoms with Crippen LogP contribution in [0.5, 0.6) is 11.5 Å². The smallest absolute Gasteiger partial charge is 0.262 e. The molecule has 2 heterocycles. The number of ether oxygens (including phenoxy) is 2. The quantitative estimate of drug-likeness (QED) is 0.416. The second-order valence-electron chi connectivity index (χ2n) is 7.97. The lowest BCUT2D eigenvalue weighted by atomic mass is 10.2. The van der Waals surface area contributed by atoms with Gasteiger partial charge in [0.05, 0.1) is 16.2 Å². The molecule has 1 atom stereocenters. The number of rotatable bonds is 6. The average Bonchev–Trinajstić information content (AvgIpc) is 2.76. The van der Waals surface area contributed by atoms with E-state index in [0.29, 0.717) is 58.0 Å². The van der Waals surface area contributed by atoms with Crippen molar-refractivity contribution in [1.29, 1.82) is 0 Å². The third kappa shape index (κ3) is 4.86. The summed E-state index contributed by atoms with van der Waals surface area (Å²) in [6, 6.07) is 10.4. The Morgan fingerprint density at radius 2 is 1.91 bits per heavy atom. The number of carbonyl (C=O) groups excluding carboxylic acids is 1. The minimum atomic E-state index is -0.488. The Hall–Kier alpha value is -2.71. The second-order valence-corrected chi connectivity index (χ2v) is 9.72. The number of anilines is 1. The lowest BCUT2D eigenvalue weighted by Crippen LogP contribution is -2.28. The first kappa shape index (κ1) is 22.5. The SMILES string of the molecule is CC(C)Cn1c(SC(C)C(=O)Nc2ccc3c(c2)OCCO3)nc2ccc(Cl)cc2c1=O. The van der Waals surface area contributed by atoms with Crippen LogP contribution in [-0.2, 0) is 11.3 Å². The lowest BCUT2D eigenvalue weighted by Gasteiger charge is -2.20. The van der Waals surface area contributed by atoms with Crippen LogP contribution < -0.4 is 20.3 Å². The van der Waals surface area contributed by atoms with Crippen molar-refractivity contribution in [1.82, 2.24) is 9.55 Å². The summed E-state index contributed by atoms with van der Waals surface area (Å²) in [5, 5.41) is 3.87. The zero-order chi connectivity index (χ0) is 22.8. The average molecular weight is 474 g/mol. The fourth-order valence-electron chi connectivity index (χ4n) is 3.37. The Bertz CT molecular complexity index is 1230. The highest BCUT2D eigenvalue weighted by Crippen LogP contribution is 2.33. The first-order valence-corrected chi connectivity index (χ1v) is 11.6. The first-order valence-electron chi connectivity index (χ1n) is 10.4. The number of carbonyl (C=O) groups is 1. The van der Waals surface area contributed by atoms with Crippen molar-refractivity contribution in [3.05, 3.63) is 51.8 Å². The number of hydrogen-bond donors (Lipinski definition) is 1. The van der Waals surface area contributed by atoms with Gasteiger partial charge in [-0.15, -0.1) is 0 Å². The third-order valence-corrected chi connectivity index (χ3v) is 6.22. The van der Waals surface area contributed by atoms with Gasteiger partial charge in [-0.1, -0.05) is 37.2 Å². The van der Waals surface area contributed by atoms with Gasteiger partial charge < -0.3 is 14.8 Å². The number of amides is 1. The molecule has 0 fully saturated rings. The predicted molar refractivity (Wildman–Crippen MR) is 127 cm³/mol. The molecule has 3 aromatic rings. The minimum Gasteiger partial charge on any atom is -0.486 e. The molecule has 0 bridgehead atoms. The monoisotopic (exact) mass is 473 g/mol. The number of thioether (sulfide) groups is 1. The van der Waals surface area contributed by atoms with E-state index >= 15 is 0 Å². The van der Waals surface area contributed by atoms with Crippen LogP contribution in [0, 0.1) is 5.92 Å². The van der Waals surface area contributed by atoms with E-state index in [1.807, 2.05) is 13.8 Å². The van der Waals surface area contributed by atoms with E-state index in [0.717, 1.165) is 0 Å². The van der Waals surface area contributed by atoms with Crippen LogP contribution in [0.3, 0.4) is 0 Å². The number of fused-ring (bicyclic) bond motifs is 2. The molecule has 1 amide bonds. The van der Waals surface area contributed by atoms with Gasteiger partial charge in [-0.25, -0.2) is 4.98 Å². The second kappa shape index (κ2) is 9.42. The van der Waals surface area contributed by atoms with Crippen molar-refractivity contribution < 1.29 is 14.3 Å². The van der Waals surface area contributed by atoms with Crippen LogP contribution in [0.2, 0.25) is 5.02 Å². The van der Waals surface area contributed by atoms with Crippen LogP contribution in [0.15, 0.2) is 46.3 Å². The van der Waals surface area contributed by atoms with Crippen molar-refractivity contribution in [2.75, 3.05) is 18.5 Å². The Labute approximate surface area is 195 Å². The maximum atomic E-state index is 13.1. The van der Waals surface area contributed by atoms with E-state index in [1.165, 1.54) is 11.8 Å². The molecule has 0 saturated heterocycles. The van der Waals surface area contributed by atoms with Crippen molar-refractivity contribution in [3.8, 4) is 11.5 Å². The van der Waals surface area contributed by atoms with Gasteiger partial charge in [0.25, 0.3) is 5.56 Å². The number of benzene rings is 2. The zero-order valence-electron chi connectivity index (χ0n) is 18.1. The molecule has 0 aliphatic carbocycles. The van der Waals surface area contributed by atoms with Crippen molar-refractivity contribution >= 4 is 45.9 Å². The zero-order valence-corrected chi connectivity index (χ0v) is 19.6. The van der Waals surface area contributed by atoms with Gasteiger partial charge in [-0.05, 0) is 43.2 Å². The highest BCUT2D eigenvalue weighted by atomic mass is 35.5. The summed E-state index contributed by atoms with van der Waals surface area (Å²) in [7, 11) is 0. The fourth-order valence-corrected chi connectivity index (χ4v) is 4.46. The molecule has 1 aromatic heterocycles. The minimum absolute atomic E-state index is 0.159. The highest BCUT2D eigenvalue weighted by Gasteiger charge is 2.21. The molecule has 0 spiro atoms. The van der Waals surface area contributed by atoms with Gasteiger partial charge in [-0.3, -0.25) is 14.2 Å². The lowest BCUT2D eigenvalue weighted by molar-refractivity contribution is -0.115. The molecule has 168 valence electrons. The van der Waals surface area contributed by atoms with Crippen molar-refractivity contribution in [2.45, 2.75) is 37.7 Å². The largest absolute Gasteiger partial charge is 0.486 e. The summed E-state index contributed by atoms with van der Waals surface area (Å²) in [5.41, 5.74) is 1.02. The standard InChI is InChI=1S/C23H24ClN3O4S/c1-13(2)12-27-22(29)17-10-15(24)4-6-18(17)26-23(27)32-14(3)21(28)25-16-5-7-19-20(11-16)31-9-8-30-19/h4-7,10-11,13-14H,8-9,12H2,1-3H3,(H,25,28). The normalized spacial score (nSPS) is 13.9. The molecule has 1 unspecified atom stereocenters. The predicted octanol–water partition coefficient (Wildman–Crippen LogP) is 4.60. The first-order chi connectivity index (χ1) is 15.3. The maximum Gasteiger partial charge on any atom is 0.262 e. The Morgan fingerprint density at radius 1 is 1.16 bits per heavy atom. The van der Waals surface area contributed by atoms with Crippen molar-refractivity contribution in [3.63, 3.8) is 0 Å². The molecule has 1 aliphatic heterocycles. The van der Waals surface area contributed by atoms with Gasteiger partial charge in [-0.2, -0.15) is 0 Å². The number of aromatic nitrogens is 2. The van der Waals surface area contributed by atoms with E-state index in [4.69, 9.17) is 21.1 Å². The molecule has 1 aliphatic rings. The fraction of sp³-hybridized carbons (Fsp3) is 0.348. The molecule has 32 heavy (non-hydrogen) atoms. The molecular weight excluding hydrogens is 450 g/mol. The molecule has 1 N–H and O–H groups in total. The Morgan fingerprint density at radius 3 is 2.66 bits per heavy atom. The van der Waals surface area contributed by atoms with Gasteiger partial charge in [0.2, 0.25) is 5.91 Å². The maximum absolute atomic E-state index is 13.1. The number of hydrogen-bond acceptors (Lipinski definition) is 6. The Balaban J connectivity index is 1.58. The summed E-state index contributed by atoms with van der Waals surface area (Å²) < 4.78 is 12.7. The topological polar surface area (TPSA) is 82.5 Å². The van der Waals surface area contributed by atoms with E-state index in [9.17, 15) is 9.59 Å². The molecule has 0 saturated carbocycles. The third-order valence-electron chi connectivity index (χ3n) is 4.89. The van der Waals surface area contributed by atoms with E-state index in [2.05, 4.69) is 10.3 Å². The van der Waals surface area contributed by atoms with E-state index < -0.39 is 5.25 Å². The summed E-state index contributed by atoms with van der Waals surface area (Å²) >= 11 is 7.34. The van der Waals surface area contributed by atoms with Gasteiger partial charge >= 0.3 is 0 Å². The van der Waals surface area contributed by atoms with Crippen LogP contribution in [-0.4, -0.2) is 33.9 Å². The van der Waals surface area contributed by atoms with Crippen molar-refractivity contribution in [2.24, 2.45) is 5.92 Å². The molecule has 4 rings (SSSR count). The highest BCUT2D eigenvalue weighted by molar-refractivity contribution is 8.00. The number of nitrogens with zero attached hydrogens (tertiary/aromatic N) is 2. The number of nitrogens with one attached hydrogen (secondary N) is 1. The summed E-state index contributed by atoms with van der Waals surface area (Å²) in [5.74, 6) is 1.30. The van der Waals surface area contributed by atoms with Gasteiger partial charge in [0.15, 0.2) is 16.7 Å². The summed E-state index contributed by atoms with van der Waals surface area (Å²) in [4.78, 5) is 30.7. The molecule has 9 heteroatoms. The van der Waals surface area contributed by atoms with E-state index in [-0.39, 0.29) is 17.4 Å². The van der Waals surface area contributed by atoms with Gasteiger partial charge in [0, 0.05) is 23.3 Å². The molecule has 7 nitrogen and oxygen atoms in total. The van der Waals surface area contributed by atoms with Gasteiger partial charge in [0.1, 0.15) is 13.2 Å². The van der Waals surface area contributed by atoms with Crippen LogP contribution in [0.4, 0.5) is 5.69 Å². The molecular formula is C23H24ClN3O4S. The Kier molecular flexibility index (Phi) is 6.62. The van der Waals surface area contributed by atoms with Crippen LogP contribution in [0.25, 0.3) is 10.9 Å². The molecule has 2 aromatic carbocycles. The van der Waals surface area contributed by atoms with Crippen LogP contribution in [0.1, 0.15) is 20.8 Å². The summed E-state index contributed by atoms with van der Waals surface area (Å²) in [6.07, 6.45) is 0. The van der Waals surface area contributed by atoms with E-state index in [1.54, 1.807) is 47.9 Å². The van der Waals surface area contributed by atoms with Crippen LogP contribution >= 0.6 is 23.4 Å².